The number of amides is 1. The predicted molar refractivity (Wildman–Crippen MR) is 98.7 cm³/mol. The van der Waals surface area contributed by atoms with Crippen LogP contribution >= 0.6 is 0 Å². The summed E-state index contributed by atoms with van der Waals surface area (Å²) < 4.78 is 11.2. The van der Waals surface area contributed by atoms with Crippen LogP contribution in [0.2, 0.25) is 0 Å². The second kappa shape index (κ2) is 8.27. The van der Waals surface area contributed by atoms with Crippen molar-refractivity contribution < 1.29 is 14.3 Å². The van der Waals surface area contributed by atoms with Gasteiger partial charge in [-0.1, -0.05) is 26.0 Å². The molecular formula is C20H25N3O3. The lowest BCUT2D eigenvalue weighted by Crippen LogP contribution is -2.39. The Hall–Kier alpha value is -2.47. The molecule has 1 amide bonds. The molecule has 1 N–H and O–H groups in total. The number of ether oxygens (including phenoxy) is 2. The molecule has 3 rings (SSSR count). The van der Waals surface area contributed by atoms with Gasteiger partial charge in [0, 0.05) is 25.3 Å². The Morgan fingerprint density at radius 2 is 1.96 bits per heavy atom. The van der Waals surface area contributed by atoms with E-state index < -0.39 is 0 Å². The molecule has 1 fully saturated rings. The number of aryl methyl sites for hydroxylation is 1. The van der Waals surface area contributed by atoms with Gasteiger partial charge in [-0.3, -0.25) is 4.79 Å². The Morgan fingerprint density at radius 3 is 2.62 bits per heavy atom. The number of carbonyl (C=O) groups excluding carboxylic acids is 1. The van der Waals surface area contributed by atoms with Gasteiger partial charge in [0.05, 0.1) is 0 Å². The first-order valence-corrected chi connectivity index (χ1v) is 9.03. The Morgan fingerprint density at radius 1 is 1.19 bits per heavy atom. The first-order chi connectivity index (χ1) is 12.5. The van der Waals surface area contributed by atoms with E-state index in [-0.39, 0.29) is 17.6 Å². The van der Waals surface area contributed by atoms with Crippen molar-refractivity contribution in [3.63, 3.8) is 0 Å². The van der Waals surface area contributed by atoms with Gasteiger partial charge in [-0.05, 0) is 48.9 Å². The van der Waals surface area contributed by atoms with Gasteiger partial charge in [-0.25, -0.2) is 0 Å². The molecule has 6 nitrogen and oxygen atoms in total. The number of nitrogens with one attached hydrogen (secondary N) is 1. The van der Waals surface area contributed by atoms with Crippen LogP contribution in [0.4, 0.5) is 0 Å². The first-order valence-electron chi connectivity index (χ1n) is 9.03. The highest BCUT2D eigenvalue weighted by molar-refractivity contribution is 5.92. The van der Waals surface area contributed by atoms with Crippen LogP contribution in [0.15, 0.2) is 30.3 Å². The van der Waals surface area contributed by atoms with Gasteiger partial charge in [-0.2, -0.15) is 0 Å². The van der Waals surface area contributed by atoms with Crippen molar-refractivity contribution >= 4 is 5.91 Å². The molecule has 0 unspecified atom stereocenters. The van der Waals surface area contributed by atoms with Crippen LogP contribution in [-0.2, 0) is 4.74 Å². The number of benzene rings is 1. The zero-order valence-corrected chi connectivity index (χ0v) is 15.5. The largest absolute Gasteiger partial charge is 0.437 e. The lowest BCUT2D eigenvalue weighted by molar-refractivity contribution is 0.0693. The molecule has 2 heterocycles. The highest BCUT2D eigenvalue weighted by Gasteiger charge is 2.18. The number of nitrogens with zero attached hydrogens (tertiary/aromatic N) is 2. The molecule has 0 spiro atoms. The van der Waals surface area contributed by atoms with Crippen molar-refractivity contribution in [3.05, 3.63) is 47.2 Å². The van der Waals surface area contributed by atoms with Crippen molar-refractivity contribution in [2.45, 2.75) is 45.6 Å². The fraction of sp³-hybridized carbons (Fsp3) is 0.450. The van der Waals surface area contributed by atoms with Crippen LogP contribution < -0.4 is 10.1 Å². The van der Waals surface area contributed by atoms with E-state index in [1.807, 2.05) is 19.1 Å². The normalized spacial score (nSPS) is 15.1. The molecule has 6 heteroatoms. The van der Waals surface area contributed by atoms with Crippen molar-refractivity contribution in [1.29, 1.82) is 0 Å². The quantitative estimate of drug-likeness (QED) is 0.887. The van der Waals surface area contributed by atoms with Crippen molar-refractivity contribution in [3.8, 4) is 11.6 Å². The lowest BCUT2D eigenvalue weighted by atomic mass is 10.0. The average molecular weight is 355 g/mol. The SMILES string of the molecule is Cc1ccc(C(C)C)cc1Oc1ccc(C(=O)NC2CCOCC2)nn1. The number of hydrogen-bond acceptors (Lipinski definition) is 5. The number of rotatable bonds is 5. The van der Waals surface area contributed by atoms with Gasteiger partial charge in [0.2, 0.25) is 5.88 Å². The third-order valence-corrected chi connectivity index (χ3v) is 4.52. The van der Waals surface area contributed by atoms with Gasteiger partial charge < -0.3 is 14.8 Å². The Bertz CT molecular complexity index is 753. The predicted octanol–water partition coefficient (Wildman–Crippen LogP) is 3.61. The highest BCUT2D eigenvalue weighted by Crippen LogP contribution is 2.27. The van der Waals surface area contributed by atoms with Crippen LogP contribution in [0.5, 0.6) is 11.6 Å². The molecule has 0 bridgehead atoms. The maximum atomic E-state index is 12.3. The van der Waals surface area contributed by atoms with E-state index in [1.165, 1.54) is 5.56 Å². The maximum Gasteiger partial charge on any atom is 0.272 e. The van der Waals surface area contributed by atoms with Crippen LogP contribution in [0, 0.1) is 6.92 Å². The summed E-state index contributed by atoms with van der Waals surface area (Å²) in [6.07, 6.45) is 1.65. The zero-order valence-electron chi connectivity index (χ0n) is 15.5. The summed E-state index contributed by atoms with van der Waals surface area (Å²) in [5.41, 5.74) is 2.51. The summed E-state index contributed by atoms with van der Waals surface area (Å²) in [6.45, 7) is 7.62. The first kappa shape index (κ1) is 18.3. The molecule has 0 aliphatic carbocycles. The van der Waals surface area contributed by atoms with Gasteiger partial charge in [0.1, 0.15) is 5.75 Å². The topological polar surface area (TPSA) is 73.3 Å². The van der Waals surface area contributed by atoms with Gasteiger partial charge in [0.25, 0.3) is 5.91 Å². The minimum atomic E-state index is -0.214. The number of carbonyl (C=O) groups is 1. The number of hydrogen-bond donors (Lipinski definition) is 1. The van der Waals surface area contributed by atoms with Crippen molar-refractivity contribution in [2.24, 2.45) is 0 Å². The van der Waals surface area contributed by atoms with E-state index in [2.05, 4.69) is 35.4 Å². The summed E-state index contributed by atoms with van der Waals surface area (Å²) >= 11 is 0. The van der Waals surface area contributed by atoms with Crippen molar-refractivity contribution in [1.82, 2.24) is 15.5 Å². The highest BCUT2D eigenvalue weighted by atomic mass is 16.5. The summed E-state index contributed by atoms with van der Waals surface area (Å²) in [4.78, 5) is 12.3. The lowest BCUT2D eigenvalue weighted by Gasteiger charge is -2.22. The van der Waals surface area contributed by atoms with E-state index >= 15 is 0 Å². The zero-order chi connectivity index (χ0) is 18.5. The molecule has 26 heavy (non-hydrogen) atoms. The molecule has 0 saturated carbocycles. The van der Waals surface area contributed by atoms with E-state index in [1.54, 1.807) is 12.1 Å². The monoisotopic (exact) mass is 355 g/mol. The molecule has 1 saturated heterocycles. The molecule has 138 valence electrons. The Kier molecular flexibility index (Phi) is 5.83. The fourth-order valence-electron chi connectivity index (χ4n) is 2.80. The van der Waals surface area contributed by atoms with E-state index in [4.69, 9.17) is 9.47 Å². The molecule has 2 aromatic rings. The molecule has 0 radical (unpaired) electrons. The summed E-state index contributed by atoms with van der Waals surface area (Å²) in [5.74, 6) is 1.33. The van der Waals surface area contributed by atoms with Crippen molar-refractivity contribution in [2.75, 3.05) is 13.2 Å². The van der Waals surface area contributed by atoms with Gasteiger partial charge in [0.15, 0.2) is 5.69 Å². The maximum absolute atomic E-state index is 12.3. The second-order valence-electron chi connectivity index (χ2n) is 6.90. The molecule has 1 aliphatic heterocycles. The van der Waals surface area contributed by atoms with Crippen LogP contribution in [-0.4, -0.2) is 35.4 Å². The van der Waals surface area contributed by atoms with Gasteiger partial charge in [-0.15, -0.1) is 10.2 Å². The molecule has 1 aromatic carbocycles. The van der Waals surface area contributed by atoms with Crippen LogP contribution in [0.25, 0.3) is 0 Å². The fourth-order valence-corrected chi connectivity index (χ4v) is 2.80. The molecule has 1 aromatic heterocycles. The van der Waals surface area contributed by atoms with Crippen LogP contribution in [0.3, 0.4) is 0 Å². The van der Waals surface area contributed by atoms with Crippen LogP contribution in [0.1, 0.15) is 54.2 Å². The standard InChI is InChI=1S/C20H25N3O3/c1-13(2)15-5-4-14(3)18(12-15)26-19-7-6-17(22-23-19)20(24)21-16-8-10-25-11-9-16/h4-7,12-13,16H,8-11H2,1-3H3,(H,21,24). The third-order valence-electron chi connectivity index (χ3n) is 4.52. The van der Waals surface area contributed by atoms with Gasteiger partial charge >= 0.3 is 0 Å². The molecule has 1 aliphatic rings. The Balaban J connectivity index is 1.66. The Labute approximate surface area is 153 Å². The number of aromatic nitrogens is 2. The van der Waals surface area contributed by atoms with E-state index in [0.29, 0.717) is 25.0 Å². The minimum Gasteiger partial charge on any atom is -0.437 e. The van der Waals surface area contributed by atoms with E-state index in [9.17, 15) is 4.79 Å². The minimum absolute atomic E-state index is 0.135. The average Bonchev–Trinajstić information content (AvgIpc) is 2.64. The second-order valence-corrected chi connectivity index (χ2v) is 6.90. The smallest absolute Gasteiger partial charge is 0.272 e. The summed E-state index contributed by atoms with van der Waals surface area (Å²) in [5, 5.41) is 11.0. The molecular weight excluding hydrogens is 330 g/mol. The molecule has 0 atom stereocenters. The van der Waals surface area contributed by atoms with E-state index in [0.717, 1.165) is 24.2 Å². The summed E-state index contributed by atoms with van der Waals surface area (Å²) in [6, 6.07) is 9.60. The summed E-state index contributed by atoms with van der Waals surface area (Å²) in [7, 11) is 0. The third kappa shape index (κ3) is 4.58.